The largest absolute Gasteiger partial charge is 0.454 e. The first-order valence-corrected chi connectivity index (χ1v) is 7.97. The van der Waals surface area contributed by atoms with Gasteiger partial charge < -0.3 is 14.8 Å². The Morgan fingerprint density at radius 1 is 1.17 bits per heavy atom. The van der Waals surface area contributed by atoms with Crippen LogP contribution >= 0.6 is 0 Å². The van der Waals surface area contributed by atoms with Crippen LogP contribution in [0.15, 0.2) is 48.6 Å². The Morgan fingerprint density at radius 2 is 2.00 bits per heavy atom. The number of amides is 1. The Kier molecular flexibility index (Phi) is 6.98. The van der Waals surface area contributed by atoms with E-state index in [0.29, 0.717) is 6.79 Å². The molecule has 0 bridgehead atoms. The molecule has 1 N–H and O–H groups in total. The number of nitrogens with one attached hydrogen (secondary N) is 1. The van der Waals surface area contributed by atoms with E-state index >= 15 is 0 Å². The Balaban J connectivity index is 1.66. The van der Waals surface area contributed by atoms with E-state index in [1.54, 1.807) is 12.2 Å². The number of hydrogen-bond donors (Lipinski definition) is 1. The SMILES string of the molecule is CCCNC(=O)/C=C/C=C/CC/C=C/c1ccc2c(c1)OCO2. The van der Waals surface area contributed by atoms with Gasteiger partial charge in [-0.25, -0.2) is 0 Å². The molecule has 23 heavy (non-hydrogen) atoms. The zero-order chi connectivity index (χ0) is 16.3. The fraction of sp³-hybridized carbons (Fsp3) is 0.316. The third kappa shape index (κ3) is 6.02. The van der Waals surface area contributed by atoms with Crippen LogP contribution in [-0.4, -0.2) is 19.2 Å². The van der Waals surface area contributed by atoms with Crippen LogP contribution in [0.5, 0.6) is 11.5 Å². The van der Waals surface area contributed by atoms with Gasteiger partial charge in [-0.3, -0.25) is 4.79 Å². The number of rotatable bonds is 8. The molecule has 1 amide bonds. The highest BCUT2D eigenvalue weighted by atomic mass is 16.7. The molecule has 0 aliphatic carbocycles. The minimum absolute atomic E-state index is 0.0424. The molecular formula is C19H23NO3. The van der Waals surface area contributed by atoms with Gasteiger partial charge >= 0.3 is 0 Å². The van der Waals surface area contributed by atoms with Crippen molar-refractivity contribution in [1.29, 1.82) is 0 Å². The van der Waals surface area contributed by atoms with E-state index in [4.69, 9.17) is 9.47 Å². The quantitative estimate of drug-likeness (QED) is 0.450. The zero-order valence-electron chi connectivity index (χ0n) is 13.5. The summed E-state index contributed by atoms with van der Waals surface area (Å²) in [5.41, 5.74) is 1.10. The van der Waals surface area contributed by atoms with Crippen molar-refractivity contribution >= 4 is 12.0 Å². The molecule has 122 valence electrons. The van der Waals surface area contributed by atoms with Crippen LogP contribution in [0.25, 0.3) is 6.08 Å². The second-order valence-corrected chi connectivity index (χ2v) is 5.17. The van der Waals surface area contributed by atoms with Gasteiger partial charge in [-0.1, -0.05) is 43.4 Å². The standard InChI is InChI=1S/C19H23NO3/c1-2-13-20-19(21)10-8-6-4-3-5-7-9-16-11-12-17-18(14-16)23-15-22-17/h4,6-12,14H,2-3,5,13,15H2,1H3,(H,20,21)/b6-4+,9-7+,10-8+. The normalized spacial score (nSPS) is 13.4. The van der Waals surface area contributed by atoms with Crippen molar-refractivity contribution in [2.24, 2.45) is 0 Å². The van der Waals surface area contributed by atoms with E-state index < -0.39 is 0 Å². The first-order chi connectivity index (χ1) is 11.3. The monoisotopic (exact) mass is 313 g/mol. The molecule has 1 heterocycles. The molecule has 0 saturated heterocycles. The summed E-state index contributed by atoms with van der Waals surface area (Å²) in [7, 11) is 0. The van der Waals surface area contributed by atoms with Crippen LogP contribution in [-0.2, 0) is 4.79 Å². The molecule has 0 spiro atoms. The van der Waals surface area contributed by atoms with E-state index in [-0.39, 0.29) is 5.91 Å². The summed E-state index contributed by atoms with van der Waals surface area (Å²) in [6, 6.07) is 5.92. The number of unbranched alkanes of at least 4 members (excludes halogenated alkanes) is 1. The third-order valence-corrected chi connectivity index (χ3v) is 3.25. The number of fused-ring (bicyclic) bond motifs is 1. The minimum Gasteiger partial charge on any atom is -0.454 e. The number of carbonyl (C=O) groups excluding carboxylic acids is 1. The molecule has 1 aromatic rings. The van der Waals surface area contributed by atoms with E-state index in [0.717, 1.165) is 42.9 Å². The maximum absolute atomic E-state index is 11.3. The van der Waals surface area contributed by atoms with Crippen LogP contribution in [0.1, 0.15) is 31.7 Å². The maximum atomic E-state index is 11.3. The molecule has 1 aromatic carbocycles. The van der Waals surface area contributed by atoms with Crippen molar-refractivity contribution in [3.63, 3.8) is 0 Å². The fourth-order valence-electron chi connectivity index (χ4n) is 2.05. The number of carbonyl (C=O) groups is 1. The second kappa shape index (κ2) is 9.51. The summed E-state index contributed by atoms with van der Waals surface area (Å²) in [6.45, 7) is 3.05. The van der Waals surface area contributed by atoms with Gasteiger partial charge in [-0.05, 0) is 37.0 Å². The lowest BCUT2D eigenvalue weighted by Gasteiger charge is -1.97. The molecule has 0 radical (unpaired) electrons. The summed E-state index contributed by atoms with van der Waals surface area (Å²) in [5.74, 6) is 1.57. The highest BCUT2D eigenvalue weighted by Gasteiger charge is 2.11. The first-order valence-electron chi connectivity index (χ1n) is 7.97. The van der Waals surface area contributed by atoms with Gasteiger partial charge in [0.1, 0.15) is 0 Å². The van der Waals surface area contributed by atoms with Crippen molar-refractivity contribution in [3.8, 4) is 11.5 Å². The summed E-state index contributed by atoms with van der Waals surface area (Å²) in [5, 5.41) is 2.79. The Bertz CT molecular complexity index is 603. The van der Waals surface area contributed by atoms with Crippen molar-refractivity contribution in [2.45, 2.75) is 26.2 Å². The predicted octanol–water partition coefficient (Wildman–Crippen LogP) is 3.85. The third-order valence-electron chi connectivity index (χ3n) is 3.25. The van der Waals surface area contributed by atoms with Gasteiger partial charge in [-0.2, -0.15) is 0 Å². The number of hydrogen-bond acceptors (Lipinski definition) is 3. The van der Waals surface area contributed by atoms with Gasteiger partial charge in [0.05, 0.1) is 0 Å². The van der Waals surface area contributed by atoms with Gasteiger partial charge in [0.15, 0.2) is 11.5 Å². The molecule has 0 saturated carbocycles. The number of benzene rings is 1. The van der Waals surface area contributed by atoms with Crippen LogP contribution in [0.4, 0.5) is 0 Å². The summed E-state index contributed by atoms with van der Waals surface area (Å²) < 4.78 is 10.6. The Hall–Kier alpha value is -2.49. The molecule has 0 atom stereocenters. The second-order valence-electron chi connectivity index (χ2n) is 5.17. The van der Waals surface area contributed by atoms with Gasteiger partial charge in [0, 0.05) is 12.6 Å². The average Bonchev–Trinajstić information content (AvgIpc) is 3.03. The highest BCUT2D eigenvalue weighted by molar-refractivity contribution is 5.87. The zero-order valence-corrected chi connectivity index (χ0v) is 13.5. The van der Waals surface area contributed by atoms with Crippen LogP contribution in [0, 0.1) is 0 Å². The van der Waals surface area contributed by atoms with Crippen molar-refractivity contribution in [3.05, 3.63) is 54.1 Å². The summed E-state index contributed by atoms with van der Waals surface area (Å²) in [6.07, 6.45) is 14.3. The van der Waals surface area contributed by atoms with E-state index in [1.165, 1.54) is 0 Å². The lowest BCUT2D eigenvalue weighted by molar-refractivity contribution is -0.116. The lowest BCUT2D eigenvalue weighted by Crippen LogP contribution is -2.21. The van der Waals surface area contributed by atoms with Crippen LogP contribution < -0.4 is 14.8 Å². The molecule has 1 aliphatic rings. The van der Waals surface area contributed by atoms with Gasteiger partial charge in [0.25, 0.3) is 0 Å². The molecule has 1 aliphatic heterocycles. The van der Waals surface area contributed by atoms with E-state index in [2.05, 4.69) is 17.5 Å². The fourth-order valence-corrected chi connectivity index (χ4v) is 2.05. The maximum Gasteiger partial charge on any atom is 0.243 e. The van der Waals surface area contributed by atoms with Gasteiger partial charge in [0.2, 0.25) is 12.7 Å². The molecule has 0 unspecified atom stereocenters. The minimum atomic E-state index is -0.0424. The van der Waals surface area contributed by atoms with E-state index in [9.17, 15) is 4.79 Å². The molecule has 2 rings (SSSR count). The smallest absolute Gasteiger partial charge is 0.243 e. The first kappa shape index (κ1) is 16.9. The Morgan fingerprint density at radius 3 is 2.87 bits per heavy atom. The van der Waals surface area contributed by atoms with Crippen molar-refractivity contribution in [1.82, 2.24) is 5.32 Å². The summed E-state index contributed by atoms with van der Waals surface area (Å²) in [4.78, 5) is 11.3. The average molecular weight is 313 g/mol. The van der Waals surface area contributed by atoms with Crippen LogP contribution in [0.3, 0.4) is 0 Å². The molecule has 4 heteroatoms. The molecule has 0 fully saturated rings. The van der Waals surface area contributed by atoms with Crippen molar-refractivity contribution in [2.75, 3.05) is 13.3 Å². The number of allylic oxidation sites excluding steroid dienone is 4. The Labute approximate surface area is 137 Å². The topological polar surface area (TPSA) is 47.6 Å². The molecule has 4 nitrogen and oxygen atoms in total. The molecular weight excluding hydrogens is 290 g/mol. The number of ether oxygens (including phenoxy) is 2. The summed E-state index contributed by atoms with van der Waals surface area (Å²) >= 11 is 0. The van der Waals surface area contributed by atoms with E-state index in [1.807, 2.05) is 37.3 Å². The highest BCUT2D eigenvalue weighted by Crippen LogP contribution is 2.32. The molecule has 0 aromatic heterocycles. The van der Waals surface area contributed by atoms with Crippen LogP contribution in [0.2, 0.25) is 0 Å². The lowest BCUT2D eigenvalue weighted by atomic mass is 10.1. The van der Waals surface area contributed by atoms with Gasteiger partial charge in [-0.15, -0.1) is 0 Å². The van der Waals surface area contributed by atoms with Crippen molar-refractivity contribution < 1.29 is 14.3 Å². The predicted molar refractivity (Wildman–Crippen MR) is 92.4 cm³/mol.